The first-order valence-electron chi connectivity index (χ1n) is 9.98. The van der Waals surface area contributed by atoms with Crippen LogP contribution in [0.3, 0.4) is 0 Å². The van der Waals surface area contributed by atoms with Gasteiger partial charge >= 0.3 is 0 Å². The number of ether oxygens (including phenoxy) is 1. The van der Waals surface area contributed by atoms with Gasteiger partial charge in [0.15, 0.2) is 0 Å². The van der Waals surface area contributed by atoms with Crippen LogP contribution in [0.4, 0.5) is 5.69 Å². The van der Waals surface area contributed by atoms with Crippen LogP contribution in [0.15, 0.2) is 36.5 Å². The van der Waals surface area contributed by atoms with Crippen LogP contribution in [0.25, 0.3) is 0 Å². The Morgan fingerprint density at radius 2 is 2.19 bits per heavy atom. The highest BCUT2D eigenvalue weighted by atomic mass is 32.2. The van der Waals surface area contributed by atoms with Gasteiger partial charge < -0.3 is 15.8 Å². The predicted octanol–water partition coefficient (Wildman–Crippen LogP) is 1.92. The Balaban J connectivity index is 1.77. The fourth-order valence-corrected chi connectivity index (χ4v) is 4.96. The van der Waals surface area contributed by atoms with E-state index in [9.17, 15) is 13.2 Å². The van der Waals surface area contributed by atoms with Crippen LogP contribution in [0.5, 0.6) is 5.75 Å². The fourth-order valence-electron chi connectivity index (χ4n) is 3.58. The second-order valence-corrected chi connectivity index (χ2v) is 9.50. The van der Waals surface area contributed by atoms with Gasteiger partial charge in [-0.3, -0.25) is 10.2 Å². The van der Waals surface area contributed by atoms with Gasteiger partial charge in [0.1, 0.15) is 18.1 Å². The second kappa shape index (κ2) is 9.70. The number of anilines is 1. The zero-order valence-electron chi connectivity index (χ0n) is 17.7. The Hall–Kier alpha value is -3.58. The largest absolute Gasteiger partial charge is 0.479 e. The minimum absolute atomic E-state index is 0.113. The van der Waals surface area contributed by atoms with E-state index in [1.54, 1.807) is 12.1 Å². The topological polar surface area (TPSA) is 138 Å². The van der Waals surface area contributed by atoms with Gasteiger partial charge in [0.25, 0.3) is 5.91 Å². The first kappa shape index (κ1) is 23.1. The average molecular weight is 456 g/mol. The number of nitrogens with one attached hydrogen (secondary N) is 2. The molecule has 4 N–H and O–H groups in total. The van der Waals surface area contributed by atoms with Crippen LogP contribution in [-0.2, 0) is 16.4 Å². The van der Waals surface area contributed by atoms with Crippen molar-refractivity contribution in [3.05, 3.63) is 53.3 Å². The number of hydrogen-bond donors (Lipinski definition) is 3. The van der Waals surface area contributed by atoms with E-state index in [0.717, 1.165) is 28.3 Å². The molecule has 1 amide bonds. The van der Waals surface area contributed by atoms with Crippen molar-refractivity contribution in [2.45, 2.75) is 25.2 Å². The Kier molecular flexibility index (Phi) is 7.00. The highest BCUT2D eigenvalue weighted by molar-refractivity contribution is 7.89. The Labute approximate surface area is 187 Å². The molecule has 0 radical (unpaired) electrons. The summed E-state index contributed by atoms with van der Waals surface area (Å²) in [4.78, 5) is 16.7. The molecule has 0 fully saturated rings. The number of amides is 1. The lowest BCUT2D eigenvalue weighted by Crippen LogP contribution is -2.40. The van der Waals surface area contributed by atoms with Crippen LogP contribution in [0.1, 0.15) is 40.4 Å². The van der Waals surface area contributed by atoms with Crippen molar-refractivity contribution in [2.75, 3.05) is 24.7 Å². The van der Waals surface area contributed by atoms with Crippen LogP contribution in [-0.4, -0.2) is 49.0 Å². The van der Waals surface area contributed by atoms with E-state index in [0.29, 0.717) is 17.9 Å². The zero-order valence-corrected chi connectivity index (χ0v) is 18.5. The quantitative estimate of drug-likeness (QED) is 0.331. The molecule has 168 valence electrons. The number of nitrogens with two attached hydrogens (primary N) is 1. The average Bonchev–Trinajstić information content (AvgIpc) is 2.77. The highest BCUT2D eigenvalue weighted by Gasteiger charge is 2.29. The number of carbonyl (C=O) groups is 1. The summed E-state index contributed by atoms with van der Waals surface area (Å²) in [6.07, 6.45) is 8.96. The minimum Gasteiger partial charge on any atom is -0.479 e. The Bertz CT molecular complexity index is 1160. The number of guanidine groups is 1. The lowest BCUT2D eigenvalue weighted by atomic mass is 9.83. The maximum absolute atomic E-state index is 12.6. The molecule has 0 saturated heterocycles. The van der Waals surface area contributed by atoms with E-state index in [2.05, 4.69) is 16.2 Å². The molecule has 1 unspecified atom stereocenters. The summed E-state index contributed by atoms with van der Waals surface area (Å²) in [6.45, 7) is 0.113. The first-order valence-corrected chi connectivity index (χ1v) is 11.6. The van der Waals surface area contributed by atoms with Crippen molar-refractivity contribution in [2.24, 2.45) is 5.73 Å². The van der Waals surface area contributed by atoms with Gasteiger partial charge in [0.05, 0.1) is 11.9 Å². The molecule has 0 aliphatic heterocycles. The van der Waals surface area contributed by atoms with Crippen molar-refractivity contribution >= 4 is 27.6 Å². The molecule has 10 heteroatoms. The molecule has 1 aromatic heterocycles. The minimum atomic E-state index is -3.73. The summed E-state index contributed by atoms with van der Waals surface area (Å²) < 4.78 is 31.2. The maximum Gasteiger partial charge on any atom is 0.274 e. The van der Waals surface area contributed by atoms with Crippen molar-refractivity contribution in [1.29, 1.82) is 5.41 Å². The SMILES string of the molecule is C#CCOc1ccc(C(=O)Nc2ccc3c(c2)C(CS(=O)(=O)N(C)C(=N)N)CCC3)nc1. The molecule has 1 heterocycles. The molecule has 1 aromatic carbocycles. The van der Waals surface area contributed by atoms with Gasteiger partial charge in [-0.2, -0.15) is 0 Å². The Morgan fingerprint density at radius 1 is 1.41 bits per heavy atom. The van der Waals surface area contributed by atoms with Gasteiger partial charge in [-0.25, -0.2) is 17.7 Å². The number of terminal acetylenes is 1. The van der Waals surface area contributed by atoms with Crippen molar-refractivity contribution in [3.63, 3.8) is 0 Å². The molecule has 1 aliphatic rings. The van der Waals surface area contributed by atoms with Gasteiger partial charge in [0, 0.05) is 12.7 Å². The van der Waals surface area contributed by atoms with E-state index < -0.39 is 21.9 Å². The third-order valence-corrected chi connectivity index (χ3v) is 7.16. The van der Waals surface area contributed by atoms with Crippen LogP contribution < -0.4 is 15.8 Å². The van der Waals surface area contributed by atoms with Crippen LogP contribution in [0.2, 0.25) is 0 Å². The summed E-state index contributed by atoms with van der Waals surface area (Å²) in [6, 6.07) is 8.65. The molecule has 0 bridgehead atoms. The fraction of sp³-hybridized carbons (Fsp3) is 0.318. The number of carbonyl (C=O) groups excluding carboxylic acids is 1. The molecule has 3 rings (SSSR count). The van der Waals surface area contributed by atoms with Crippen LogP contribution in [0, 0.1) is 17.8 Å². The predicted molar refractivity (Wildman–Crippen MR) is 122 cm³/mol. The van der Waals surface area contributed by atoms with Crippen molar-refractivity contribution in [1.82, 2.24) is 9.29 Å². The maximum atomic E-state index is 12.6. The van der Waals surface area contributed by atoms with E-state index in [-0.39, 0.29) is 24.0 Å². The molecule has 1 atom stereocenters. The number of nitrogens with zero attached hydrogens (tertiary/aromatic N) is 2. The number of aryl methyl sites for hydroxylation is 1. The van der Waals surface area contributed by atoms with Crippen LogP contribution >= 0.6 is 0 Å². The number of sulfonamides is 1. The number of aromatic nitrogens is 1. The highest BCUT2D eigenvalue weighted by Crippen LogP contribution is 2.35. The number of benzene rings is 1. The smallest absolute Gasteiger partial charge is 0.274 e. The lowest BCUT2D eigenvalue weighted by molar-refractivity contribution is 0.102. The molecule has 1 aliphatic carbocycles. The number of fused-ring (bicyclic) bond motifs is 1. The standard InChI is InChI=1S/C22H25N5O4S/c1-3-11-31-18-9-10-20(25-13-18)21(28)26-17-8-7-15-5-4-6-16(19(15)12-17)14-32(29,30)27(2)22(23)24/h1,7-10,12-13,16H,4-6,11,14H2,2H3,(H3,23,24)(H,26,28). The Morgan fingerprint density at radius 3 is 2.84 bits per heavy atom. The third-order valence-electron chi connectivity index (χ3n) is 5.30. The van der Waals surface area contributed by atoms with Gasteiger partial charge in [0.2, 0.25) is 16.0 Å². The number of rotatable bonds is 7. The van der Waals surface area contributed by atoms with Gasteiger partial charge in [-0.1, -0.05) is 12.0 Å². The van der Waals surface area contributed by atoms with E-state index in [4.69, 9.17) is 22.3 Å². The number of pyridine rings is 1. The molecule has 0 saturated carbocycles. The molecule has 0 spiro atoms. The number of hydrogen-bond acceptors (Lipinski definition) is 6. The molecule has 9 nitrogen and oxygen atoms in total. The summed E-state index contributed by atoms with van der Waals surface area (Å²) in [5.74, 6) is 1.48. The molecule has 32 heavy (non-hydrogen) atoms. The lowest BCUT2D eigenvalue weighted by Gasteiger charge is -2.28. The molecule has 2 aromatic rings. The van der Waals surface area contributed by atoms with Gasteiger partial charge in [-0.05, 0) is 60.6 Å². The summed E-state index contributed by atoms with van der Waals surface area (Å²) in [7, 11) is -2.46. The molecular formula is C22H25N5O4S. The van der Waals surface area contributed by atoms with Crippen molar-refractivity contribution in [3.8, 4) is 18.1 Å². The zero-order chi connectivity index (χ0) is 23.3. The van der Waals surface area contributed by atoms with E-state index in [1.807, 2.05) is 12.1 Å². The summed E-state index contributed by atoms with van der Waals surface area (Å²) in [5, 5.41) is 10.2. The van der Waals surface area contributed by atoms with E-state index in [1.165, 1.54) is 19.3 Å². The second-order valence-electron chi connectivity index (χ2n) is 7.46. The monoisotopic (exact) mass is 455 g/mol. The third kappa shape index (κ3) is 5.36. The molecular weight excluding hydrogens is 430 g/mol. The summed E-state index contributed by atoms with van der Waals surface area (Å²) >= 11 is 0. The summed E-state index contributed by atoms with van der Waals surface area (Å²) in [5.41, 5.74) is 8.03. The van der Waals surface area contributed by atoms with Crippen molar-refractivity contribution < 1.29 is 17.9 Å². The van der Waals surface area contributed by atoms with E-state index >= 15 is 0 Å². The van der Waals surface area contributed by atoms with Gasteiger partial charge in [-0.15, -0.1) is 6.42 Å². The first-order chi connectivity index (χ1) is 15.2. The normalized spacial score (nSPS) is 15.2.